The first-order chi connectivity index (χ1) is 8.22. The Morgan fingerprint density at radius 1 is 1.24 bits per heavy atom. The second kappa shape index (κ2) is 7.76. The molecule has 92 valence electrons. The van der Waals surface area contributed by atoms with Gasteiger partial charge < -0.3 is 10.5 Å². The summed E-state index contributed by atoms with van der Waals surface area (Å²) >= 11 is 0. The summed E-state index contributed by atoms with van der Waals surface area (Å²) < 4.78 is 5.64. The van der Waals surface area contributed by atoms with E-state index in [1.807, 2.05) is 24.3 Å². The number of benzene rings is 1. The van der Waals surface area contributed by atoms with E-state index in [2.05, 4.69) is 25.7 Å². The molecule has 0 aliphatic carbocycles. The number of hydrogen-bond donors (Lipinski definition) is 1. The van der Waals surface area contributed by atoms with Crippen molar-refractivity contribution in [2.45, 2.75) is 26.7 Å². The second-order valence-electron chi connectivity index (χ2n) is 4.41. The van der Waals surface area contributed by atoms with Crippen LogP contribution in [0.15, 0.2) is 24.3 Å². The molecule has 0 fully saturated rings. The Hall–Kier alpha value is -1.46. The van der Waals surface area contributed by atoms with Gasteiger partial charge in [0.15, 0.2) is 0 Å². The zero-order chi connectivity index (χ0) is 12.5. The van der Waals surface area contributed by atoms with E-state index < -0.39 is 0 Å². The van der Waals surface area contributed by atoms with Crippen molar-refractivity contribution in [2.24, 2.45) is 11.7 Å². The Kier molecular flexibility index (Phi) is 6.21. The Morgan fingerprint density at radius 2 is 1.94 bits per heavy atom. The first-order valence-corrected chi connectivity index (χ1v) is 6.14. The van der Waals surface area contributed by atoms with Gasteiger partial charge in [-0.2, -0.15) is 0 Å². The topological polar surface area (TPSA) is 35.2 Å². The minimum Gasteiger partial charge on any atom is -0.494 e. The number of hydrogen-bond acceptors (Lipinski definition) is 2. The highest BCUT2D eigenvalue weighted by Crippen LogP contribution is 2.12. The Morgan fingerprint density at radius 3 is 2.53 bits per heavy atom. The summed E-state index contributed by atoms with van der Waals surface area (Å²) in [7, 11) is 0. The molecular weight excluding hydrogens is 210 g/mol. The molecule has 0 saturated heterocycles. The minimum atomic E-state index is 0.396. The van der Waals surface area contributed by atoms with Crippen LogP contribution in [0.3, 0.4) is 0 Å². The summed E-state index contributed by atoms with van der Waals surface area (Å²) in [4.78, 5) is 0. The lowest BCUT2D eigenvalue weighted by Gasteiger charge is -2.07. The van der Waals surface area contributed by atoms with Gasteiger partial charge in [0.05, 0.1) is 13.2 Å². The van der Waals surface area contributed by atoms with Crippen LogP contribution in [0.25, 0.3) is 0 Å². The van der Waals surface area contributed by atoms with Gasteiger partial charge in [0.2, 0.25) is 0 Å². The van der Waals surface area contributed by atoms with E-state index in [1.54, 1.807) is 0 Å². The molecule has 0 atom stereocenters. The van der Waals surface area contributed by atoms with Gasteiger partial charge in [-0.05, 0) is 43.0 Å². The number of nitrogens with two attached hydrogens (primary N) is 1. The molecule has 2 N–H and O–H groups in total. The van der Waals surface area contributed by atoms with E-state index in [0.29, 0.717) is 6.54 Å². The standard InChI is InChI=1S/C15H21NO/c1-13(2)5-4-12-17-15-9-7-14(8-10-15)6-3-11-16/h7-10,13H,4-5,11-12,16H2,1-2H3. The average Bonchev–Trinajstić information content (AvgIpc) is 2.33. The summed E-state index contributed by atoms with van der Waals surface area (Å²) in [5, 5.41) is 0. The van der Waals surface area contributed by atoms with E-state index in [4.69, 9.17) is 10.5 Å². The predicted molar refractivity (Wildman–Crippen MR) is 71.9 cm³/mol. The first kappa shape index (κ1) is 13.6. The number of ether oxygens (including phenoxy) is 1. The Bertz CT molecular complexity index is 370. The maximum atomic E-state index is 5.64. The summed E-state index contributed by atoms with van der Waals surface area (Å²) in [6.45, 7) is 5.63. The van der Waals surface area contributed by atoms with Crippen molar-refractivity contribution >= 4 is 0 Å². The smallest absolute Gasteiger partial charge is 0.119 e. The van der Waals surface area contributed by atoms with Crippen LogP contribution in [-0.4, -0.2) is 13.2 Å². The third-order valence-corrected chi connectivity index (χ3v) is 2.38. The SMILES string of the molecule is CC(C)CCCOc1ccc(C#CCN)cc1. The van der Waals surface area contributed by atoms with Gasteiger partial charge in [0.25, 0.3) is 0 Å². The first-order valence-electron chi connectivity index (χ1n) is 6.14. The highest BCUT2D eigenvalue weighted by atomic mass is 16.5. The average molecular weight is 231 g/mol. The third kappa shape index (κ3) is 5.99. The van der Waals surface area contributed by atoms with Crippen LogP contribution in [0.4, 0.5) is 0 Å². The molecule has 1 rings (SSSR count). The summed E-state index contributed by atoms with van der Waals surface area (Å²) in [6, 6.07) is 7.83. The molecule has 0 amide bonds. The van der Waals surface area contributed by atoms with E-state index in [0.717, 1.165) is 30.3 Å². The van der Waals surface area contributed by atoms with Crippen molar-refractivity contribution in [3.8, 4) is 17.6 Å². The quantitative estimate of drug-likeness (QED) is 0.624. The summed E-state index contributed by atoms with van der Waals surface area (Å²) in [5.74, 6) is 7.46. The van der Waals surface area contributed by atoms with E-state index in [-0.39, 0.29) is 0 Å². The fourth-order valence-corrected chi connectivity index (χ4v) is 1.47. The highest BCUT2D eigenvalue weighted by molar-refractivity contribution is 5.38. The van der Waals surface area contributed by atoms with Crippen LogP contribution < -0.4 is 10.5 Å². The van der Waals surface area contributed by atoms with Crippen LogP contribution >= 0.6 is 0 Å². The predicted octanol–water partition coefficient (Wildman–Crippen LogP) is 2.81. The van der Waals surface area contributed by atoms with Gasteiger partial charge in [0, 0.05) is 5.56 Å². The molecule has 0 radical (unpaired) electrons. The maximum absolute atomic E-state index is 5.64. The van der Waals surface area contributed by atoms with Gasteiger partial charge >= 0.3 is 0 Å². The molecule has 0 bridgehead atoms. The molecule has 0 aliphatic rings. The summed E-state index contributed by atoms with van der Waals surface area (Å²) in [5.41, 5.74) is 6.29. The molecule has 0 aromatic heterocycles. The molecule has 17 heavy (non-hydrogen) atoms. The lowest BCUT2D eigenvalue weighted by Crippen LogP contribution is -1.99. The molecule has 0 aliphatic heterocycles. The molecule has 0 saturated carbocycles. The van der Waals surface area contributed by atoms with Crippen molar-refractivity contribution in [1.29, 1.82) is 0 Å². The van der Waals surface area contributed by atoms with E-state index in [1.165, 1.54) is 6.42 Å². The fraction of sp³-hybridized carbons (Fsp3) is 0.467. The van der Waals surface area contributed by atoms with Gasteiger partial charge in [-0.3, -0.25) is 0 Å². The van der Waals surface area contributed by atoms with Crippen LogP contribution in [0.1, 0.15) is 32.3 Å². The van der Waals surface area contributed by atoms with Gasteiger partial charge in [-0.15, -0.1) is 0 Å². The van der Waals surface area contributed by atoms with Gasteiger partial charge in [-0.25, -0.2) is 0 Å². The molecular formula is C15H21NO. The fourth-order valence-electron chi connectivity index (χ4n) is 1.47. The monoisotopic (exact) mass is 231 g/mol. The molecule has 1 aromatic carbocycles. The van der Waals surface area contributed by atoms with Crippen molar-refractivity contribution in [1.82, 2.24) is 0 Å². The van der Waals surface area contributed by atoms with E-state index >= 15 is 0 Å². The Labute approximate surface area is 104 Å². The largest absolute Gasteiger partial charge is 0.494 e. The normalized spacial score (nSPS) is 9.88. The maximum Gasteiger partial charge on any atom is 0.119 e. The molecule has 0 heterocycles. The highest BCUT2D eigenvalue weighted by Gasteiger charge is 1.96. The van der Waals surface area contributed by atoms with Crippen molar-refractivity contribution < 1.29 is 4.74 Å². The molecule has 0 unspecified atom stereocenters. The van der Waals surface area contributed by atoms with Crippen molar-refractivity contribution in [3.05, 3.63) is 29.8 Å². The molecule has 2 nitrogen and oxygen atoms in total. The molecule has 2 heteroatoms. The van der Waals surface area contributed by atoms with Gasteiger partial charge in [-0.1, -0.05) is 25.7 Å². The number of rotatable bonds is 5. The van der Waals surface area contributed by atoms with Gasteiger partial charge in [0.1, 0.15) is 5.75 Å². The van der Waals surface area contributed by atoms with Crippen LogP contribution in [0, 0.1) is 17.8 Å². The van der Waals surface area contributed by atoms with Crippen LogP contribution in [0.5, 0.6) is 5.75 Å². The van der Waals surface area contributed by atoms with Crippen molar-refractivity contribution in [3.63, 3.8) is 0 Å². The minimum absolute atomic E-state index is 0.396. The lowest BCUT2D eigenvalue weighted by atomic mass is 10.1. The molecule has 0 spiro atoms. The lowest BCUT2D eigenvalue weighted by molar-refractivity contribution is 0.297. The van der Waals surface area contributed by atoms with Crippen molar-refractivity contribution in [2.75, 3.05) is 13.2 Å². The summed E-state index contributed by atoms with van der Waals surface area (Å²) in [6.07, 6.45) is 2.31. The molecule has 1 aromatic rings. The zero-order valence-corrected chi connectivity index (χ0v) is 10.7. The van der Waals surface area contributed by atoms with Crippen LogP contribution in [0.2, 0.25) is 0 Å². The second-order valence-corrected chi connectivity index (χ2v) is 4.41. The zero-order valence-electron chi connectivity index (χ0n) is 10.7. The Balaban J connectivity index is 2.35. The van der Waals surface area contributed by atoms with E-state index in [9.17, 15) is 0 Å². The van der Waals surface area contributed by atoms with Crippen LogP contribution in [-0.2, 0) is 0 Å². The third-order valence-electron chi connectivity index (χ3n) is 2.38.